The number of nitrogens with two attached hydrogens (primary N) is 2. The zero-order valence-corrected chi connectivity index (χ0v) is 42.6. The highest BCUT2D eigenvalue weighted by Crippen LogP contribution is 2.36. The van der Waals surface area contributed by atoms with Crippen LogP contribution < -0.4 is 16.8 Å². The third-order valence-electron chi connectivity index (χ3n) is 13.8. The Morgan fingerprint density at radius 1 is 0.589 bits per heavy atom. The normalized spacial score (nSPS) is 14.6. The van der Waals surface area contributed by atoms with E-state index in [-0.39, 0.29) is 61.4 Å². The molecular weight excluding hydrogens is 921 g/mol. The molecule has 0 bridgehead atoms. The Morgan fingerprint density at radius 2 is 1.01 bits per heavy atom. The van der Waals surface area contributed by atoms with Crippen LogP contribution in [0.5, 0.6) is 0 Å². The van der Waals surface area contributed by atoms with Crippen molar-refractivity contribution in [3.8, 4) is 22.3 Å². The van der Waals surface area contributed by atoms with Gasteiger partial charge in [-0.05, 0) is 114 Å². The second kappa shape index (κ2) is 22.7. The molecule has 16 heteroatoms. The molecule has 6 amide bonds. The lowest BCUT2D eigenvalue weighted by atomic mass is 9.98. The molecular formula is C57H66N10O6. The summed E-state index contributed by atoms with van der Waals surface area (Å²) in [5.41, 5.74) is 23.3. The first kappa shape index (κ1) is 51.5. The second-order valence-corrected chi connectivity index (χ2v) is 19.3. The van der Waals surface area contributed by atoms with Gasteiger partial charge in [-0.25, -0.2) is 9.98 Å². The molecule has 8 rings (SSSR count). The van der Waals surface area contributed by atoms with Crippen LogP contribution in [0, 0.1) is 0 Å². The molecule has 5 N–H and O–H groups in total. The summed E-state index contributed by atoms with van der Waals surface area (Å²) in [6.07, 6.45) is 8.07. The molecule has 73 heavy (non-hydrogen) atoms. The quantitative estimate of drug-likeness (QED) is 0.0828. The number of nitrogens with zero attached hydrogens (tertiary/aromatic N) is 7. The number of rotatable bonds is 19. The Hall–Kier alpha value is -7.88. The molecule has 0 saturated carbocycles. The maximum absolute atomic E-state index is 14.1. The molecule has 4 aliphatic rings. The minimum Gasteiger partial charge on any atom is -0.387 e. The molecule has 0 radical (unpaired) electrons. The van der Waals surface area contributed by atoms with Gasteiger partial charge in [0.05, 0.1) is 11.4 Å². The summed E-state index contributed by atoms with van der Waals surface area (Å²) in [5.74, 6) is -0.180. The number of benzene rings is 4. The molecule has 0 saturated heterocycles. The lowest BCUT2D eigenvalue weighted by Crippen LogP contribution is -2.39. The van der Waals surface area contributed by atoms with Gasteiger partial charge in [0, 0.05) is 106 Å². The van der Waals surface area contributed by atoms with E-state index in [9.17, 15) is 28.8 Å². The van der Waals surface area contributed by atoms with Crippen molar-refractivity contribution in [2.24, 2.45) is 21.5 Å². The van der Waals surface area contributed by atoms with Gasteiger partial charge in [0.2, 0.25) is 23.6 Å². The van der Waals surface area contributed by atoms with Crippen molar-refractivity contribution in [2.75, 3.05) is 59.9 Å². The zero-order valence-electron chi connectivity index (χ0n) is 42.6. The number of hydrogen-bond acceptors (Lipinski definition) is 10. The highest BCUT2D eigenvalue weighted by molar-refractivity contribution is 6.07. The number of amidine groups is 2. The topological polar surface area (TPSA) is 207 Å². The van der Waals surface area contributed by atoms with Crippen LogP contribution in [-0.2, 0) is 32.3 Å². The molecule has 0 spiro atoms. The number of hydrogen-bond donors (Lipinski definition) is 3. The summed E-state index contributed by atoms with van der Waals surface area (Å²) in [6, 6.07) is 23.1. The minimum atomic E-state index is -0.228. The van der Waals surface area contributed by atoms with E-state index >= 15 is 0 Å². The van der Waals surface area contributed by atoms with Crippen molar-refractivity contribution in [3.63, 3.8) is 0 Å². The molecule has 4 aliphatic heterocycles. The lowest BCUT2D eigenvalue weighted by Gasteiger charge is -2.25. The fourth-order valence-corrected chi connectivity index (χ4v) is 9.95. The van der Waals surface area contributed by atoms with Crippen LogP contribution in [0.4, 0.5) is 11.4 Å². The number of carbonyl (C=O) groups excluding carboxylic acids is 6. The van der Waals surface area contributed by atoms with Gasteiger partial charge in [-0.2, -0.15) is 0 Å². The van der Waals surface area contributed by atoms with Crippen LogP contribution in [0.3, 0.4) is 0 Å². The third kappa shape index (κ3) is 11.6. The lowest BCUT2D eigenvalue weighted by molar-refractivity contribution is -0.131. The summed E-state index contributed by atoms with van der Waals surface area (Å²) >= 11 is 0. The van der Waals surface area contributed by atoms with Gasteiger partial charge in [-0.15, -0.1) is 0 Å². The fourth-order valence-electron chi connectivity index (χ4n) is 9.95. The van der Waals surface area contributed by atoms with Gasteiger partial charge in [-0.1, -0.05) is 57.2 Å². The fraction of sp³-hybridized carbons (Fsp3) is 0.368. The monoisotopic (exact) mass is 987 g/mol. The maximum Gasteiger partial charge on any atom is 0.254 e. The number of aliphatic imine (C=N–C) groups is 2. The van der Waals surface area contributed by atoms with E-state index in [0.717, 1.165) is 63.8 Å². The summed E-state index contributed by atoms with van der Waals surface area (Å²) in [6.45, 7) is 9.63. The number of nitrogens with one attached hydrogen (secondary N) is 1. The third-order valence-corrected chi connectivity index (χ3v) is 13.8. The van der Waals surface area contributed by atoms with Crippen LogP contribution in [0.1, 0.15) is 109 Å². The van der Waals surface area contributed by atoms with Crippen LogP contribution in [0.25, 0.3) is 34.4 Å². The van der Waals surface area contributed by atoms with Crippen LogP contribution in [0.2, 0.25) is 0 Å². The molecule has 0 aromatic heterocycles. The van der Waals surface area contributed by atoms with Gasteiger partial charge in [-0.3, -0.25) is 28.8 Å². The minimum absolute atomic E-state index is 0.00614. The molecule has 4 aromatic carbocycles. The SMILES string of the molecule is CCCN(CCC)C(=O)C1=Cc2ccc(-c3ccc4c(c3)CN(CC(=O)N(C)CCCCN(CCC)C(=O)C3=Cc5ccc(-c6ccc7c(c6)CN(CC(=O)NC)C7=O)cc5N=C(N)C3)C4=O)cc2N=C(N)C1. The predicted octanol–water partition coefficient (Wildman–Crippen LogP) is 7.06. The van der Waals surface area contributed by atoms with Crippen molar-refractivity contribution in [2.45, 2.75) is 78.8 Å². The highest BCUT2D eigenvalue weighted by atomic mass is 16.2. The Bertz CT molecular complexity index is 2980. The highest BCUT2D eigenvalue weighted by Gasteiger charge is 2.32. The Labute approximate surface area is 427 Å². The number of unbranched alkanes of at least 4 members (excludes halogenated alkanes) is 1. The maximum atomic E-state index is 14.1. The average Bonchev–Trinajstić information content (AvgIpc) is 3.70. The van der Waals surface area contributed by atoms with E-state index in [1.165, 1.54) is 4.90 Å². The van der Waals surface area contributed by atoms with Gasteiger partial charge in [0.1, 0.15) is 24.8 Å². The van der Waals surface area contributed by atoms with E-state index in [2.05, 4.69) is 24.2 Å². The molecule has 16 nitrogen and oxygen atoms in total. The molecule has 0 unspecified atom stereocenters. The Morgan fingerprint density at radius 3 is 1.48 bits per heavy atom. The standard InChI is InChI=1S/C57H66N10O6/c1-6-19-64(20-7-2)54(70)42-26-40-13-11-39(29-48(40)61-50(58)30-42)37-16-18-47-45(25-37)33-67(57(47)73)35-53(69)63(5)22-9-10-23-65(21-8-3)55(71)43-27-41-14-12-38(28-49(41)62-51(59)31-43)36-15-17-46-44(24-36)32-66(56(46)72)34-52(68)60-4/h11-18,24-29H,6-10,19-23,30-35H2,1-5H3,(H2,58,61)(H2,59,62)(H,60,68). The molecule has 380 valence electrons. The number of likely N-dealkylation sites (N-methyl/N-ethyl adjacent to an activating group) is 2. The summed E-state index contributed by atoms with van der Waals surface area (Å²) in [7, 11) is 3.29. The zero-order chi connectivity index (χ0) is 51.9. The van der Waals surface area contributed by atoms with Crippen LogP contribution in [0.15, 0.2) is 93.9 Å². The molecule has 0 atom stereocenters. The van der Waals surface area contributed by atoms with Crippen LogP contribution >= 0.6 is 0 Å². The van der Waals surface area contributed by atoms with Crippen molar-refractivity contribution in [1.29, 1.82) is 0 Å². The Balaban J connectivity index is 0.847. The van der Waals surface area contributed by atoms with Gasteiger partial charge in [0.15, 0.2) is 0 Å². The first-order chi connectivity index (χ1) is 35.2. The Kier molecular flexibility index (Phi) is 16.0. The van der Waals surface area contributed by atoms with Crippen molar-refractivity contribution in [1.82, 2.24) is 29.8 Å². The number of fused-ring (bicyclic) bond motifs is 4. The summed E-state index contributed by atoms with van der Waals surface area (Å²) < 4.78 is 0. The van der Waals surface area contributed by atoms with E-state index in [1.807, 2.05) is 95.6 Å². The summed E-state index contributed by atoms with van der Waals surface area (Å²) in [4.78, 5) is 97.4. The second-order valence-electron chi connectivity index (χ2n) is 19.3. The molecule has 4 heterocycles. The first-order valence-electron chi connectivity index (χ1n) is 25.4. The van der Waals surface area contributed by atoms with Gasteiger partial charge in [0.25, 0.3) is 11.8 Å². The van der Waals surface area contributed by atoms with Gasteiger partial charge < -0.3 is 41.3 Å². The average molecular weight is 987 g/mol. The van der Waals surface area contributed by atoms with E-state index < -0.39 is 0 Å². The molecule has 0 aliphatic carbocycles. The largest absolute Gasteiger partial charge is 0.387 e. The number of carbonyl (C=O) groups is 6. The number of amides is 6. The van der Waals surface area contributed by atoms with Crippen LogP contribution in [-0.4, -0.2) is 132 Å². The predicted molar refractivity (Wildman–Crippen MR) is 286 cm³/mol. The summed E-state index contributed by atoms with van der Waals surface area (Å²) in [5, 5.41) is 2.57. The van der Waals surface area contributed by atoms with E-state index in [0.29, 0.717) is 104 Å². The molecule has 0 fully saturated rings. The molecule has 4 aromatic rings. The van der Waals surface area contributed by atoms with Crippen molar-refractivity contribution >= 4 is 70.6 Å². The van der Waals surface area contributed by atoms with Crippen molar-refractivity contribution in [3.05, 3.63) is 117 Å². The first-order valence-corrected chi connectivity index (χ1v) is 25.4. The van der Waals surface area contributed by atoms with E-state index in [1.54, 1.807) is 30.0 Å². The van der Waals surface area contributed by atoms with Crippen molar-refractivity contribution < 1.29 is 28.8 Å². The smallest absolute Gasteiger partial charge is 0.254 e. The van der Waals surface area contributed by atoms with Gasteiger partial charge >= 0.3 is 0 Å². The van der Waals surface area contributed by atoms with E-state index in [4.69, 9.17) is 16.5 Å².